The topological polar surface area (TPSA) is 96.5 Å². The van der Waals surface area contributed by atoms with Gasteiger partial charge in [-0.1, -0.05) is 38.1 Å². The minimum atomic E-state index is -0.804. The van der Waals surface area contributed by atoms with E-state index in [1.54, 1.807) is 54.6 Å². The van der Waals surface area contributed by atoms with Crippen molar-refractivity contribution in [1.29, 1.82) is 0 Å². The highest BCUT2D eigenvalue weighted by molar-refractivity contribution is 6.11. The zero-order valence-electron chi connectivity index (χ0n) is 20.4. The lowest BCUT2D eigenvalue weighted by Gasteiger charge is -2.22. The lowest BCUT2D eigenvalue weighted by atomic mass is 10.0. The smallest absolute Gasteiger partial charge is 0.257 e. The predicted octanol–water partition coefficient (Wildman–Crippen LogP) is 5.04. The summed E-state index contributed by atoms with van der Waals surface area (Å²) in [6.07, 6.45) is 0. The van der Waals surface area contributed by atoms with Gasteiger partial charge in [0.05, 0.1) is 17.9 Å². The van der Waals surface area contributed by atoms with E-state index in [0.717, 1.165) is 5.56 Å². The van der Waals surface area contributed by atoms with Crippen LogP contribution in [0.3, 0.4) is 0 Å². The molecule has 0 radical (unpaired) electrons. The Morgan fingerprint density at radius 3 is 2.23 bits per heavy atom. The summed E-state index contributed by atoms with van der Waals surface area (Å²) in [6.45, 7) is 8.05. The van der Waals surface area contributed by atoms with E-state index in [2.05, 4.69) is 16.0 Å². The molecule has 0 heterocycles. The van der Waals surface area contributed by atoms with Gasteiger partial charge in [-0.3, -0.25) is 14.4 Å². The van der Waals surface area contributed by atoms with Crippen molar-refractivity contribution in [2.45, 2.75) is 33.7 Å². The maximum atomic E-state index is 13.2. The average Bonchev–Trinajstić information content (AvgIpc) is 2.83. The fraction of sp³-hybridized carbons (Fsp3) is 0.250. The molecule has 35 heavy (non-hydrogen) atoms. The van der Waals surface area contributed by atoms with Crippen LogP contribution in [0.5, 0.6) is 5.75 Å². The third kappa shape index (κ3) is 6.93. The molecule has 0 spiro atoms. The molecule has 0 unspecified atom stereocenters. The third-order valence-corrected chi connectivity index (χ3v) is 5.37. The molecule has 0 fully saturated rings. The van der Waals surface area contributed by atoms with E-state index in [0.29, 0.717) is 34.9 Å². The number of nitrogens with one attached hydrogen (secondary N) is 3. The van der Waals surface area contributed by atoms with Crippen LogP contribution in [0, 0.1) is 12.8 Å². The minimum Gasteiger partial charge on any atom is -0.494 e. The van der Waals surface area contributed by atoms with Crippen LogP contribution in [0.25, 0.3) is 0 Å². The molecule has 3 rings (SSSR count). The Kier molecular flexibility index (Phi) is 8.62. The number of carbonyl (C=O) groups is 3. The second kappa shape index (κ2) is 11.8. The van der Waals surface area contributed by atoms with Crippen LogP contribution in [0.15, 0.2) is 72.8 Å². The average molecular weight is 474 g/mol. The molecule has 0 bridgehead atoms. The zero-order valence-corrected chi connectivity index (χ0v) is 20.4. The van der Waals surface area contributed by atoms with Gasteiger partial charge in [-0.2, -0.15) is 0 Å². The van der Waals surface area contributed by atoms with Gasteiger partial charge in [-0.05, 0) is 73.9 Å². The number of hydrogen-bond donors (Lipinski definition) is 3. The van der Waals surface area contributed by atoms with Crippen molar-refractivity contribution >= 4 is 29.1 Å². The number of aryl methyl sites for hydroxylation is 1. The Labute approximate surface area is 205 Å². The molecule has 0 saturated heterocycles. The maximum Gasteiger partial charge on any atom is 0.257 e. The third-order valence-electron chi connectivity index (χ3n) is 5.37. The molecule has 7 heteroatoms. The molecule has 3 aromatic rings. The molecule has 0 aliphatic heterocycles. The van der Waals surface area contributed by atoms with Gasteiger partial charge in [-0.15, -0.1) is 0 Å². The summed E-state index contributed by atoms with van der Waals surface area (Å²) >= 11 is 0. The van der Waals surface area contributed by atoms with Gasteiger partial charge < -0.3 is 20.7 Å². The van der Waals surface area contributed by atoms with Crippen molar-refractivity contribution in [3.05, 3.63) is 89.5 Å². The number of anilines is 2. The first-order valence-electron chi connectivity index (χ1n) is 11.6. The standard InChI is InChI=1S/C28H31N3O4/c1-5-35-22-15-13-20(14-16-22)26(32)31-25(18(2)3)28(34)30-24-12-7-6-11-23(24)27(33)29-21-10-8-9-19(4)17-21/h6-18,25H,5H2,1-4H3,(H,29,33)(H,30,34)(H,31,32)/t25-/m1/s1. The lowest BCUT2D eigenvalue weighted by Crippen LogP contribution is -2.47. The summed E-state index contributed by atoms with van der Waals surface area (Å²) in [4.78, 5) is 38.9. The van der Waals surface area contributed by atoms with E-state index in [1.165, 1.54) is 0 Å². The molecule has 182 valence electrons. The summed E-state index contributed by atoms with van der Waals surface area (Å²) in [6, 6.07) is 20.2. The van der Waals surface area contributed by atoms with Crippen molar-refractivity contribution in [2.75, 3.05) is 17.2 Å². The molecule has 0 aliphatic carbocycles. The Balaban J connectivity index is 1.73. The van der Waals surface area contributed by atoms with Gasteiger partial charge in [-0.25, -0.2) is 0 Å². The predicted molar refractivity (Wildman–Crippen MR) is 138 cm³/mol. The number of amides is 3. The summed E-state index contributed by atoms with van der Waals surface area (Å²) in [7, 11) is 0. The van der Waals surface area contributed by atoms with Crippen LogP contribution in [-0.2, 0) is 4.79 Å². The summed E-state index contributed by atoms with van der Waals surface area (Å²) < 4.78 is 5.41. The van der Waals surface area contributed by atoms with E-state index in [-0.39, 0.29) is 17.7 Å². The van der Waals surface area contributed by atoms with Gasteiger partial charge in [0.15, 0.2) is 0 Å². The molecular formula is C28H31N3O4. The second-order valence-electron chi connectivity index (χ2n) is 8.51. The Bertz CT molecular complexity index is 1190. The fourth-order valence-electron chi connectivity index (χ4n) is 3.55. The first kappa shape index (κ1) is 25.5. The van der Waals surface area contributed by atoms with Gasteiger partial charge in [0.25, 0.3) is 11.8 Å². The van der Waals surface area contributed by atoms with Crippen molar-refractivity contribution in [3.8, 4) is 5.75 Å². The lowest BCUT2D eigenvalue weighted by molar-refractivity contribution is -0.118. The van der Waals surface area contributed by atoms with E-state index in [4.69, 9.17) is 4.74 Å². The van der Waals surface area contributed by atoms with Gasteiger partial charge in [0, 0.05) is 11.3 Å². The monoisotopic (exact) mass is 473 g/mol. The normalized spacial score (nSPS) is 11.5. The van der Waals surface area contributed by atoms with Crippen LogP contribution in [0.4, 0.5) is 11.4 Å². The number of carbonyl (C=O) groups excluding carboxylic acids is 3. The SMILES string of the molecule is CCOc1ccc(C(=O)N[C@@H](C(=O)Nc2ccccc2C(=O)Nc2cccc(C)c2)C(C)C)cc1. The van der Waals surface area contributed by atoms with Crippen LogP contribution < -0.4 is 20.7 Å². The highest BCUT2D eigenvalue weighted by Crippen LogP contribution is 2.19. The minimum absolute atomic E-state index is 0.185. The highest BCUT2D eigenvalue weighted by atomic mass is 16.5. The zero-order chi connectivity index (χ0) is 25.4. The van der Waals surface area contributed by atoms with Gasteiger partial charge >= 0.3 is 0 Å². The van der Waals surface area contributed by atoms with E-state index < -0.39 is 11.9 Å². The highest BCUT2D eigenvalue weighted by Gasteiger charge is 2.26. The van der Waals surface area contributed by atoms with Gasteiger partial charge in [0.1, 0.15) is 11.8 Å². The largest absolute Gasteiger partial charge is 0.494 e. The first-order chi connectivity index (χ1) is 16.8. The molecule has 0 aliphatic rings. The number of benzene rings is 3. The maximum absolute atomic E-state index is 13.2. The Hall–Kier alpha value is -4.13. The van der Waals surface area contributed by atoms with Crippen molar-refractivity contribution in [1.82, 2.24) is 5.32 Å². The molecule has 0 aromatic heterocycles. The quantitative estimate of drug-likeness (QED) is 0.406. The fourth-order valence-corrected chi connectivity index (χ4v) is 3.55. The first-order valence-corrected chi connectivity index (χ1v) is 11.6. The van der Waals surface area contributed by atoms with Crippen LogP contribution in [0.1, 0.15) is 47.1 Å². The molecule has 3 amide bonds. The van der Waals surface area contributed by atoms with E-state index in [1.807, 2.05) is 45.9 Å². The number of ether oxygens (including phenoxy) is 1. The molecule has 1 atom stereocenters. The van der Waals surface area contributed by atoms with E-state index >= 15 is 0 Å². The van der Waals surface area contributed by atoms with Crippen LogP contribution >= 0.6 is 0 Å². The molecular weight excluding hydrogens is 442 g/mol. The van der Waals surface area contributed by atoms with Crippen LogP contribution in [0.2, 0.25) is 0 Å². The number of para-hydroxylation sites is 1. The molecule has 0 saturated carbocycles. The summed E-state index contributed by atoms with van der Waals surface area (Å²) in [5.74, 6) is -0.633. The molecule has 7 nitrogen and oxygen atoms in total. The Morgan fingerprint density at radius 2 is 1.57 bits per heavy atom. The second-order valence-corrected chi connectivity index (χ2v) is 8.51. The molecule has 3 aromatic carbocycles. The summed E-state index contributed by atoms with van der Waals surface area (Å²) in [5, 5.41) is 8.49. The molecule has 3 N–H and O–H groups in total. The van der Waals surface area contributed by atoms with Crippen molar-refractivity contribution < 1.29 is 19.1 Å². The summed E-state index contributed by atoms with van der Waals surface area (Å²) in [5.41, 5.74) is 2.79. The van der Waals surface area contributed by atoms with Crippen molar-refractivity contribution in [3.63, 3.8) is 0 Å². The number of hydrogen-bond acceptors (Lipinski definition) is 4. The Morgan fingerprint density at radius 1 is 0.857 bits per heavy atom. The van der Waals surface area contributed by atoms with Crippen LogP contribution in [-0.4, -0.2) is 30.4 Å². The van der Waals surface area contributed by atoms with E-state index in [9.17, 15) is 14.4 Å². The number of rotatable bonds is 9. The van der Waals surface area contributed by atoms with Crippen molar-refractivity contribution in [2.24, 2.45) is 5.92 Å². The van der Waals surface area contributed by atoms with Gasteiger partial charge in [0.2, 0.25) is 5.91 Å².